The van der Waals surface area contributed by atoms with E-state index in [1.807, 2.05) is 55.5 Å². The van der Waals surface area contributed by atoms with Crippen molar-refractivity contribution >= 4 is 35.1 Å². The maximum Gasteiger partial charge on any atom is 0.425 e. The smallest absolute Gasteiger partial charge is 0.425 e. The molecule has 0 spiro atoms. The van der Waals surface area contributed by atoms with Gasteiger partial charge in [0.15, 0.2) is 0 Å². The number of rotatable bonds is 8. The van der Waals surface area contributed by atoms with Crippen LogP contribution in [-0.2, 0) is 20.9 Å². The van der Waals surface area contributed by atoms with Crippen molar-refractivity contribution in [2.75, 3.05) is 0 Å². The molecule has 0 bridgehead atoms. The summed E-state index contributed by atoms with van der Waals surface area (Å²) in [4.78, 5) is 25.9. The third-order valence-corrected chi connectivity index (χ3v) is 8.23. The molecule has 0 aliphatic heterocycles. The molecule has 39 heavy (non-hydrogen) atoms. The maximum absolute atomic E-state index is 13.9. The number of esters is 2. The molecule has 1 fully saturated rings. The van der Waals surface area contributed by atoms with Crippen LogP contribution in [0.2, 0.25) is 0 Å². The lowest BCUT2D eigenvalue weighted by molar-refractivity contribution is -0.167. The zero-order valence-electron chi connectivity index (χ0n) is 21.5. The predicted molar refractivity (Wildman–Crippen MR) is 143 cm³/mol. The van der Waals surface area contributed by atoms with E-state index in [-0.39, 0.29) is 12.2 Å². The predicted octanol–water partition coefficient (Wildman–Crippen LogP) is 7.94. The maximum atomic E-state index is 13.9. The molecule has 0 heterocycles. The van der Waals surface area contributed by atoms with E-state index in [0.717, 1.165) is 22.3 Å². The van der Waals surface area contributed by atoms with Gasteiger partial charge in [-0.3, -0.25) is 4.79 Å². The molecule has 0 saturated heterocycles. The Morgan fingerprint density at radius 3 is 2.10 bits per heavy atom. The Labute approximate surface area is 235 Å². The van der Waals surface area contributed by atoms with Crippen LogP contribution in [0.15, 0.2) is 78.9 Å². The van der Waals surface area contributed by atoms with E-state index in [4.69, 9.17) is 32.7 Å². The largest absolute Gasteiger partial charge is 0.461 e. The van der Waals surface area contributed by atoms with Gasteiger partial charge in [0.2, 0.25) is 4.33 Å². The Morgan fingerprint density at radius 1 is 0.923 bits per heavy atom. The van der Waals surface area contributed by atoms with E-state index >= 15 is 0 Å². The standard InChI is InChI=1S/C30H27Cl2F3O4/c1-18-21(15-10-16-22(18)19-11-6-4-7-12-19)17-38-27(37)24-23(28(24,2)3)25(29(31,32)30(33,34)35)39-26(36)20-13-8-5-9-14-20/h4-16,23-25H,17H2,1-3H3. The van der Waals surface area contributed by atoms with Gasteiger partial charge in [-0.1, -0.05) is 104 Å². The van der Waals surface area contributed by atoms with Gasteiger partial charge in [0, 0.05) is 5.92 Å². The average molecular weight is 579 g/mol. The molecule has 3 aromatic rings. The summed E-state index contributed by atoms with van der Waals surface area (Å²) in [6.45, 7) is 5.02. The summed E-state index contributed by atoms with van der Waals surface area (Å²) >= 11 is 11.6. The molecule has 0 N–H and O–H groups in total. The highest BCUT2D eigenvalue weighted by Crippen LogP contribution is 2.65. The highest BCUT2D eigenvalue weighted by molar-refractivity contribution is 6.49. The van der Waals surface area contributed by atoms with Crippen LogP contribution in [0.3, 0.4) is 0 Å². The molecule has 0 aromatic heterocycles. The Kier molecular flexibility index (Phi) is 8.06. The average Bonchev–Trinajstić information content (AvgIpc) is 3.47. The van der Waals surface area contributed by atoms with Crippen LogP contribution < -0.4 is 0 Å². The minimum Gasteiger partial charge on any atom is -0.461 e. The Morgan fingerprint density at radius 2 is 1.51 bits per heavy atom. The van der Waals surface area contributed by atoms with E-state index in [2.05, 4.69) is 0 Å². The van der Waals surface area contributed by atoms with Gasteiger partial charge in [-0.15, -0.1) is 0 Å². The van der Waals surface area contributed by atoms with E-state index in [1.54, 1.807) is 32.0 Å². The van der Waals surface area contributed by atoms with Crippen molar-refractivity contribution in [1.82, 2.24) is 0 Å². The number of alkyl halides is 5. The number of benzene rings is 3. The fourth-order valence-electron chi connectivity index (χ4n) is 4.99. The van der Waals surface area contributed by atoms with Crippen LogP contribution in [-0.4, -0.2) is 28.6 Å². The minimum absolute atomic E-state index is 0.0279. The number of carbonyl (C=O) groups is 2. The van der Waals surface area contributed by atoms with Gasteiger partial charge in [-0.05, 0) is 46.7 Å². The fraction of sp³-hybridized carbons (Fsp3) is 0.333. The van der Waals surface area contributed by atoms with Crippen molar-refractivity contribution in [2.24, 2.45) is 17.3 Å². The molecule has 3 unspecified atom stereocenters. The van der Waals surface area contributed by atoms with Crippen molar-refractivity contribution in [3.63, 3.8) is 0 Å². The van der Waals surface area contributed by atoms with Gasteiger partial charge in [0.05, 0.1) is 11.5 Å². The summed E-state index contributed by atoms with van der Waals surface area (Å²) < 4.78 is 49.2. The second kappa shape index (κ2) is 10.9. The summed E-state index contributed by atoms with van der Waals surface area (Å²) in [6.07, 6.45) is -7.19. The van der Waals surface area contributed by atoms with Crippen LogP contribution >= 0.6 is 23.2 Å². The molecule has 1 aliphatic carbocycles. The van der Waals surface area contributed by atoms with Crippen LogP contribution in [0.1, 0.15) is 35.3 Å². The SMILES string of the molecule is Cc1c(COC(=O)C2C(C(OC(=O)c3ccccc3)C(Cl)(Cl)C(F)(F)F)C2(C)C)cccc1-c1ccccc1. The van der Waals surface area contributed by atoms with Gasteiger partial charge in [-0.25, -0.2) is 4.79 Å². The topological polar surface area (TPSA) is 52.6 Å². The summed E-state index contributed by atoms with van der Waals surface area (Å²) in [6, 6.07) is 22.8. The lowest BCUT2D eigenvalue weighted by atomic mass is 9.97. The van der Waals surface area contributed by atoms with E-state index in [9.17, 15) is 22.8 Å². The van der Waals surface area contributed by atoms with Crippen molar-refractivity contribution in [1.29, 1.82) is 0 Å². The first-order valence-electron chi connectivity index (χ1n) is 12.3. The van der Waals surface area contributed by atoms with E-state index < -0.39 is 45.8 Å². The van der Waals surface area contributed by atoms with Crippen LogP contribution in [0.4, 0.5) is 13.2 Å². The molecule has 0 amide bonds. The normalized spacial score (nSPS) is 19.2. The minimum atomic E-state index is -5.14. The van der Waals surface area contributed by atoms with Crippen molar-refractivity contribution in [3.8, 4) is 11.1 Å². The fourth-order valence-corrected chi connectivity index (χ4v) is 5.35. The molecular weight excluding hydrogens is 552 g/mol. The molecule has 3 atom stereocenters. The first kappa shape index (κ1) is 29.0. The van der Waals surface area contributed by atoms with Crippen molar-refractivity contribution in [2.45, 2.75) is 44.0 Å². The van der Waals surface area contributed by atoms with E-state index in [0.29, 0.717) is 0 Å². The molecule has 206 valence electrons. The summed E-state index contributed by atoms with van der Waals surface area (Å²) in [7, 11) is 0. The highest BCUT2D eigenvalue weighted by atomic mass is 35.5. The summed E-state index contributed by atoms with van der Waals surface area (Å²) in [5, 5.41) is 0. The Balaban J connectivity index is 1.55. The molecule has 1 aliphatic rings. The first-order valence-corrected chi connectivity index (χ1v) is 13.0. The van der Waals surface area contributed by atoms with Gasteiger partial charge in [-0.2, -0.15) is 13.2 Å². The summed E-state index contributed by atoms with van der Waals surface area (Å²) in [5.74, 6) is -3.91. The second-order valence-electron chi connectivity index (χ2n) is 10.2. The lowest BCUT2D eigenvalue weighted by Gasteiger charge is -2.32. The third-order valence-electron chi connectivity index (χ3n) is 7.37. The lowest BCUT2D eigenvalue weighted by Crippen LogP contribution is -2.49. The molecule has 0 radical (unpaired) electrons. The van der Waals surface area contributed by atoms with Crippen LogP contribution in [0, 0.1) is 24.2 Å². The van der Waals surface area contributed by atoms with Crippen molar-refractivity contribution < 1.29 is 32.2 Å². The van der Waals surface area contributed by atoms with Gasteiger partial charge in [0.1, 0.15) is 12.7 Å². The Hall–Kier alpha value is -3.03. The molecular formula is C30H27Cl2F3O4. The number of carbonyl (C=O) groups excluding carboxylic acids is 2. The Bertz CT molecular complexity index is 1340. The third kappa shape index (κ3) is 5.80. The van der Waals surface area contributed by atoms with Gasteiger partial charge >= 0.3 is 18.1 Å². The summed E-state index contributed by atoms with van der Waals surface area (Å²) in [5.41, 5.74) is 2.64. The number of hydrogen-bond donors (Lipinski definition) is 0. The molecule has 4 rings (SSSR count). The van der Waals surface area contributed by atoms with Crippen LogP contribution in [0.25, 0.3) is 11.1 Å². The monoisotopic (exact) mass is 578 g/mol. The van der Waals surface area contributed by atoms with E-state index in [1.165, 1.54) is 12.1 Å². The zero-order chi connectivity index (χ0) is 28.6. The molecule has 4 nitrogen and oxygen atoms in total. The van der Waals surface area contributed by atoms with Crippen LogP contribution in [0.5, 0.6) is 0 Å². The highest BCUT2D eigenvalue weighted by Gasteiger charge is 2.74. The molecule has 9 heteroatoms. The van der Waals surface area contributed by atoms with Gasteiger partial charge in [0.25, 0.3) is 0 Å². The quantitative estimate of drug-likeness (QED) is 0.201. The number of halogens is 5. The number of hydrogen-bond acceptors (Lipinski definition) is 4. The van der Waals surface area contributed by atoms with Gasteiger partial charge < -0.3 is 9.47 Å². The molecule has 3 aromatic carbocycles. The number of ether oxygens (including phenoxy) is 2. The first-order chi connectivity index (χ1) is 18.3. The van der Waals surface area contributed by atoms with Crippen molar-refractivity contribution in [3.05, 3.63) is 95.6 Å². The second-order valence-corrected chi connectivity index (χ2v) is 11.6. The zero-order valence-corrected chi connectivity index (χ0v) is 23.0. The molecule has 1 saturated carbocycles.